The van der Waals surface area contributed by atoms with Gasteiger partial charge in [0, 0.05) is 18.6 Å². The number of aliphatic hydroxyl groups is 1. The molecule has 2 rings (SSSR count). The van der Waals surface area contributed by atoms with Crippen molar-refractivity contribution in [3.63, 3.8) is 0 Å². The van der Waals surface area contributed by atoms with Crippen molar-refractivity contribution in [1.29, 1.82) is 0 Å². The summed E-state index contributed by atoms with van der Waals surface area (Å²) in [4.78, 5) is 2.37. The lowest BCUT2D eigenvalue weighted by atomic mass is 9.98. The molecule has 0 aliphatic carbocycles. The van der Waals surface area contributed by atoms with Crippen LogP contribution in [0.1, 0.15) is 38.3 Å². The first-order valence-corrected chi connectivity index (χ1v) is 6.55. The van der Waals surface area contributed by atoms with Crippen molar-refractivity contribution in [3.8, 4) is 0 Å². The molecular formula is C15H23NO. The zero-order valence-electron chi connectivity index (χ0n) is 11.1. The zero-order chi connectivity index (χ0) is 12.5. The third-order valence-corrected chi connectivity index (χ3v) is 4.11. The Balaban J connectivity index is 2.05. The molecule has 1 fully saturated rings. The maximum atomic E-state index is 9.95. The standard InChI is InChI=1S/C15H23NO/c1-4-12-5-7-13(8-6-12)11-16-10-9-14(17)15(16,2)3/h5-8,14,17H,4,9-11H2,1-3H3. The predicted molar refractivity (Wildman–Crippen MR) is 70.9 cm³/mol. The van der Waals surface area contributed by atoms with Crippen LogP contribution < -0.4 is 0 Å². The van der Waals surface area contributed by atoms with Gasteiger partial charge in [0.15, 0.2) is 0 Å². The van der Waals surface area contributed by atoms with E-state index in [2.05, 4.69) is 49.9 Å². The molecule has 0 amide bonds. The first-order chi connectivity index (χ1) is 8.04. The highest BCUT2D eigenvalue weighted by molar-refractivity contribution is 5.22. The van der Waals surface area contributed by atoms with E-state index in [0.717, 1.165) is 25.9 Å². The summed E-state index contributed by atoms with van der Waals surface area (Å²) >= 11 is 0. The highest BCUT2D eigenvalue weighted by Gasteiger charge is 2.39. The van der Waals surface area contributed by atoms with Gasteiger partial charge in [0.25, 0.3) is 0 Å². The maximum absolute atomic E-state index is 9.95. The average Bonchev–Trinajstić information content (AvgIpc) is 2.57. The van der Waals surface area contributed by atoms with E-state index in [1.807, 2.05) is 0 Å². The number of benzene rings is 1. The molecule has 1 aromatic rings. The van der Waals surface area contributed by atoms with Crippen molar-refractivity contribution in [3.05, 3.63) is 35.4 Å². The number of rotatable bonds is 3. The summed E-state index contributed by atoms with van der Waals surface area (Å²) in [6, 6.07) is 8.82. The first kappa shape index (κ1) is 12.6. The molecule has 0 spiro atoms. The number of nitrogens with zero attached hydrogens (tertiary/aromatic N) is 1. The Morgan fingerprint density at radius 3 is 2.29 bits per heavy atom. The molecule has 1 aromatic carbocycles. The van der Waals surface area contributed by atoms with Gasteiger partial charge in [-0.3, -0.25) is 4.90 Å². The van der Waals surface area contributed by atoms with Crippen molar-refractivity contribution in [2.75, 3.05) is 6.54 Å². The van der Waals surface area contributed by atoms with Gasteiger partial charge >= 0.3 is 0 Å². The molecule has 17 heavy (non-hydrogen) atoms. The van der Waals surface area contributed by atoms with E-state index in [1.165, 1.54) is 11.1 Å². The topological polar surface area (TPSA) is 23.5 Å². The van der Waals surface area contributed by atoms with Gasteiger partial charge in [0.05, 0.1) is 6.10 Å². The molecule has 1 aliphatic heterocycles. The van der Waals surface area contributed by atoms with Crippen LogP contribution in [0.15, 0.2) is 24.3 Å². The normalized spacial score (nSPS) is 24.1. The molecule has 1 heterocycles. The Kier molecular flexibility index (Phi) is 3.55. The molecule has 1 N–H and O–H groups in total. The summed E-state index contributed by atoms with van der Waals surface area (Å²) in [5, 5.41) is 9.95. The van der Waals surface area contributed by atoms with E-state index in [0.29, 0.717) is 0 Å². The van der Waals surface area contributed by atoms with Gasteiger partial charge in [0.2, 0.25) is 0 Å². The van der Waals surface area contributed by atoms with Crippen LogP contribution in [0, 0.1) is 0 Å². The summed E-state index contributed by atoms with van der Waals surface area (Å²) < 4.78 is 0. The van der Waals surface area contributed by atoms with Gasteiger partial charge in [-0.05, 0) is 37.8 Å². The molecule has 2 nitrogen and oxygen atoms in total. The molecule has 2 heteroatoms. The Morgan fingerprint density at radius 2 is 1.82 bits per heavy atom. The van der Waals surface area contributed by atoms with Crippen molar-refractivity contribution in [1.82, 2.24) is 4.90 Å². The van der Waals surface area contributed by atoms with Gasteiger partial charge in [0.1, 0.15) is 0 Å². The number of hydrogen-bond donors (Lipinski definition) is 1. The smallest absolute Gasteiger partial charge is 0.0730 e. The molecular weight excluding hydrogens is 210 g/mol. The third kappa shape index (κ3) is 2.53. The van der Waals surface area contributed by atoms with Crippen molar-refractivity contribution < 1.29 is 5.11 Å². The second kappa shape index (κ2) is 4.79. The van der Waals surface area contributed by atoms with E-state index in [4.69, 9.17) is 0 Å². The minimum atomic E-state index is -0.197. The fourth-order valence-corrected chi connectivity index (χ4v) is 2.51. The molecule has 0 saturated carbocycles. The second-order valence-electron chi connectivity index (χ2n) is 5.55. The summed E-state index contributed by atoms with van der Waals surface area (Å²) in [5.74, 6) is 0. The Bertz CT molecular complexity index is 369. The molecule has 1 saturated heterocycles. The van der Waals surface area contributed by atoms with Gasteiger partial charge in [-0.25, -0.2) is 0 Å². The number of likely N-dealkylation sites (tertiary alicyclic amines) is 1. The average molecular weight is 233 g/mol. The minimum absolute atomic E-state index is 0.0938. The zero-order valence-corrected chi connectivity index (χ0v) is 11.1. The quantitative estimate of drug-likeness (QED) is 0.867. The molecule has 1 unspecified atom stereocenters. The minimum Gasteiger partial charge on any atom is -0.391 e. The van der Waals surface area contributed by atoms with Crippen LogP contribution >= 0.6 is 0 Å². The predicted octanol–water partition coefficient (Wildman–Crippen LogP) is 2.59. The Labute approximate surface area is 104 Å². The van der Waals surface area contributed by atoms with Gasteiger partial charge in [-0.1, -0.05) is 31.2 Å². The summed E-state index contributed by atoms with van der Waals surface area (Å²) in [6.45, 7) is 8.36. The van der Waals surface area contributed by atoms with Gasteiger partial charge in [-0.15, -0.1) is 0 Å². The lowest BCUT2D eigenvalue weighted by Crippen LogP contribution is -2.44. The maximum Gasteiger partial charge on any atom is 0.0730 e. The lowest BCUT2D eigenvalue weighted by Gasteiger charge is -2.33. The fourth-order valence-electron chi connectivity index (χ4n) is 2.51. The largest absolute Gasteiger partial charge is 0.391 e. The first-order valence-electron chi connectivity index (χ1n) is 6.55. The van der Waals surface area contributed by atoms with Crippen LogP contribution in [-0.4, -0.2) is 28.2 Å². The monoisotopic (exact) mass is 233 g/mol. The second-order valence-corrected chi connectivity index (χ2v) is 5.55. The summed E-state index contributed by atoms with van der Waals surface area (Å²) in [6.07, 6.45) is 1.78. The number of hydrogen-bond acceptors (Lipinski definition) is 2. The molecule has 0 bridgehead atoms. The summed E-state index contributed by atoms with van der Waals surface area (Å²) in [5.41, 5.74) is 2.63. The van der Waals surface area contributed by atoms with Crippen LogP contribution in [0.5, 0.6) is 0 Å². The van der Waals surface area contributed by atoms with Crippen LogP contribution in [0.2, 0.25) is 0 Å². The van der Waals surface area contributed by atoms with Crippen LogP contribution in [0.4, 0.5) is 0 Å². The Morgan fingerprint density at radius 1 is 1.24 bits per heavy atom. The highest BCUT2D eigenvalue weighted by atomic mass is 16.3. The van der Waals surface area contributed by atoms with Crippen LogP contribution in [-0.2, 0) is 13.0 Å². The van der Waals surface area contributed by atoms with Crippen LogP contribution in [0.25, 0.3) is 0 Å². The van der Waals surface area contributed by atoms with Crippen LogP contribution in [0.3, 0.4) is 0 Å². The third-order valence-electron chi connectivity index (χ3n) is 4.11. The molecule has 1 atom stereocenters. The number of aliphatic hydroxyl groups excluding tert-OH is 1. The van der Waals surface area contributed by atoms with Gasteiger partial charge in [-0.2, -0.15) is 0 Å². The van der Waals surface area contributed by atoms with Crippen molar-refractivity contribution >= 4 is 0 Å². The van der Waals surface area contributed by atoms with E-state index in [9.17, 15) is 5.11 Å². The van der Waals surface area contributed by atoms with Crippen molar-refractivity contribution in [2.45, 2.75) is 51.8 Å². The SMILES string of the molecule is CCc1ccc(CN2CCC(O)C2(C)C)cc1. The Hall–Kier alpha value is -0.860. The highest BCUT2D eigenvalue weighted by Crippen LogP contribution is 2.30. The summed E-state index contributed by atoms with van der Waals surface area (Å²) in [7, 11) is 0. The molecule has 1 aliphatic rings. The molecule has 94 valence electrons. The molecule has 0 aromatic heterocycles. The fraction of sp³-hybridized carbons (Fsp3) is 0.600. The van der Waals surface area contributed by atoms with E-state index >= 15 is 0 Å². The number of aryl methyl sites for hydroxylation is 1. The van der Waals surface area contributed by atoms with Crippen molar-refractivity contribution in [2.24, 2.45) is 0 Å². The molecule has 0 radical (unpaired) electrons. The van der Waals surface area contributed by atoms with E-state index in [1.54, 1.807) is 0 Å². The van der Waals surface area contributed by atoms with Gasteiger partial charge < -0.3 is 5.11 Å². The lowest BCUT2D eigenvalue weighted by molar-refractivity contribution is 0.0506. The van der Waals surface area contributed by atoms with E-state index in [-0.39, 0.29) is 11.6 Å². The van der Waals surface area contributed by atoms with E-state index < -0.39 is 0 Å².